The summed E-state index contributed by atoms with van der Waals surface area (Å²) in [6.07, 6.45) is 4.01. The Balaban J connectivity index is 1.90. The Bertz CT molecular complexity index is 837. The lowest BCUT2D eigenvalue weighted by Gasteiger charge is -2.49. The molecule has 5 nitrogen and oxygen atoms in total. The van der Waals surface area contributed by atoms with Crippen LogP contribution in [0.3, 0.4) is 0 Å². The number of ether oxygens (including phenoxy) is 1. The highest BCUT2D eigenvalue weighted by Gasteiger charge is 2.41. The van der Waals surface area contributed by atoms with E-state index in [4.69, 9.17) is 4.74 Å². The second kappa shape index (κ2) is 8.39. The van der Waals surface area contributed by atoms with Gasteiger partial charge in [0, 0.05) is 40.6 Å². The molecule has 0 bridgehead atoms. The number of nitrogens with one attached hydrogen (secondary N) is 2. The molecule has 1 fully saturated rings. The molecule has 1 aromatic heterocycles. The summed E-state index contributed by atoms with van der Waals surface area (Å²) >= 11 is 0. The zero-order valence-electron chi connectivity index (χ0n) is 18.9. The smallest absolute Gasteiger partial charge is 0.270 e. The van der Waals surface area contributed by atoms with Crippen LogP contribution in [0, 0.1) is 0 Å². The Hall–Kier alpha value is -2.01. The van der Waals surface area contributed by atoms with Gasteiger partial charge in [0.05, 0.1) is 6.61 Å². The number of rotatable bonds is 7. The van der Waals surface area contributed by atoms with E-state index in [2.05, 4.69) is 49.8 Å². The number of amides is 1. The van der Waals surface area contributed by atoms with Crippen molar-refractivity contribution >= 4 is 16.8 Å². The number of hydrogen-bond acceptors (Lipinski definition) is 3. The summed E-state index contributed by atoms with van der Waals surface area (Å²) in [5.74, 6) is 0.927. The van der Waals surface area contributed by atoms with Gasteiger partial charge in [0.25, 0.3) is 5.91 Å². The van der Waals surface area contributed by atoms with Crippen LogP contribution in [-0.2, 0) is 0 Å². The number of unbranched alkanes of at least 4 members (excludes halogenated alkanes) is 1. The second-order valence-electron chi connectivity index (χ2n) is 9.67. The van der Waals surface area contributed by atoms with Crippen LogP contribution >= 0.6 is 0 Å². The summed E-state index contributed by atoms with van der Waals surface area (Å²) in [4.78, 5) is 19.1. The third kappa shape index (κ3) is 5.13. The zero-order chi connectivity index (χ0) is 21.2. The lowest BCUT2D eigenvalue weighted by atomic mass is 9.79. The highest BCUT2D eigenvalue weighted by Crippen LogP contribution is 2.33. The first-order chi connectivity index (χ1) is 13.6. The van der Waals surface area contributed by atoms with E-state index in [0.29, 0.717) is 12.3 Å². The molecule has 0 spiro atoms. The van der Waals surface area contributed by atoms with E-state index in [1.54, 1.807) is 0 Å². The van der Waals surface area contributed by atoms with Crippen LogP contribution in [0.4, 0.5) is 0 Å². The van der Waals surface area contributed by atoms with Gasteiger partial charge in [-0.3, -0.25) is 4.79 Å². The minimum Gasteiger partial charge on any atom is -0.494 e. The number of H-pyrrole nitrogens is 1. The number of carbonyl (C=O) groups excluding carboxylic acids is 1. The molecule has 0 aliphatic carbocycles. The van der Waals surface area contributed by atoms with E-state index in [-0.39, 0.29) is 23.0 Å². The van der Waals surface area contributed by atoms with Crippen molar-refractivity contribution < 1.29 is 9.53 Å². The molecule has 1 aliphatic rings. The minimum absolute atomic E-state index is 0.00397. The number of nitrogens with zero attached hydrogens (tertiary/aromatic N) is 1. The van der Waals surface area contributed by atoms with Gasteiger partial charge in [-0.25, -0.2) is 0 Å². The van der Waals surface area contributed by atoms with Crippen LogP contribution in [-0.4, -0.2) is 46.1 Å². The van der Waals surface area contributed by atoms with E-state index in [1.165, 1.54) is 0 Å². The van der Waals surface area contributed by atoms with Crippen molar-refractivity contribution in [1.29, 1.82) is 0 Å². The molecule has 0 saturated carbocycles. The molecule has 2 N–H and O–H groups in total. The molecule has 1 aromatic carbocycles. The van der Waals surface area contributed by atoms with Crippen molar-refractivity contribution in [2.24, 2.45) is 0 Å². The monoisotopic (exact) mass is 399 g/mol. The molecule has 1 amide bonds. The molecule has 0 radical (unpaired) electrons. The summed E-state index contributed by atoms with van der Waals surface area (Å²) < 4.78 is 5.60. The van der Waals surface area contributed by atoms with Crippen LogP contribution in [0.1, 0.15) is 77.7 Å². The molecule has 29 heavy (non-hydrogen) atoms. The maximum atomic E-state index is 13.6. The van der Waals surface area contributed by atoms with Crippen LogP contribution in [0.5, 0.6) is 5.75 Å². The largest absolute Gasteiger partial charge is 0.494 e. The SMILES string of the molecule is CCCCN(C(=O)c1cc2ccc(OCC)cc2[nH]1)C1CC(C)(C)NC(C)(C)C1. The maximum Gasteiger partial charge on any atom is 0.270 e. The van der Waals surface area contributed by atoms with Crippen molar-refractivity contribution in [3.8, 4) is 5.75 Å². The van der Waals surface area contributed by atoms with E-state index < -0.39 is 0 Å². The number of carbonyl (C=O) groups is 1. The number of piperidine rings is 1. The van der Waals surface area contributed by atoms with Crippen LogP contribution in [0.15, 0.2) is 24.3 Å². The van der Waals surface area contributed by atoms with E-state index >= 15 is 0 Å². The number of fused-ring (bicyclic) bond motifs is 1. The summed E-state index contributed by atoms with van der Waals surface area (Å²) in [6, 6.07) is 8.15. The Morgan fingerprint density at radius 3 is 2.45 bits per heavy atom. The predicted octanol–water partition coefficient (Wildman–Crippen LogP) is 5.12. The maximum absolute atomic E-state index is 13.6. The molecule has 160 valence electrons. The molecule has 1 aliphatic heterocycles. The molecule has 2 aromatic rings. The summed E-state index contributed by atoms with van der Waals surface area (Å²) in [7, 11) is 0. The van der Waals surface area contributed by atoms with Crippen LogP contribution in [0.25, 0.3) is 10.9 Å². The summed E-state index contributed by atoms with van der Waals surface area (Å²) in [5, 5.41) is 4.77. The average molecular weight is 400 g/mol. The molecular formula is C24H37N3O2. The van der Waals surface area contributed by atoms with Gasteiger partial charge in [-0.05, 0) is 72.1 Å². The van der Waals surface area contributed by atoms with Gasteiger partial charge in [-0.2, -0.15) is 0 Å². The van der Waals surface area contributed by atoms with Gasteiger partial charge >= 0.3 is 0 Å². The molecule has 0 unspecified atom stereocenters. The van der Waals surface area contributed by atoms with Crippen molar-refractivity contribution in [2.45, 2.75) is 84.3 Å². The Labute approximate surface area is 175 Å². The quantitative estimate of drug-likeness (QED) is 0.679. The molecular weight excluding hydrogens is 362 g/mol. The van der Waals surface area contributed by atoms with Gasteiger partial charge in [0.2, 0.25) is 0 Å². The Morgan fingerprint density at radius 1 is 1.14 bits per heavy atom. The van der Waals surface area contributed by atoms with Crippen LogP contribution < -0.4 is 10.1 Å². The number of aromatic nitrogens is 1. The Kier molecular flexibility index (Phi) is 6.27. The topological polar surface area (TPSA) is 57.4 Å². The normalized spacial score (nSPS) is 18.7. The summed E-state index contributed by atoms with van der Waals surface area (Å²) in [6.45, 7) is 14.5. The molecule has 1 saturated heterocycles. The predicted molar refractivity (Wildman–Crippen MR) is 120 cm³/mol. The number of hydrogen-bond donors (Lipinski definition) is 2. The molecule has 2 heterocycles. The number of benzene rings is 1. The second-order valence-corrected chi connectivity index (χ2v) is 9.67. The molecule has 3 rings (SSSR count). The number of aromatic amines is 1. The standard InChI is InChI=1S/C24H37N3O2/c1-7-9-12-27(18-15-23(3,4)26-24(5,6)16-18)22(28)21-13-17-10-11-19(29-8-2)14-20(17)25-21/h10-11,13-14,18,25-26H,7-9,12,15-16H2,1-6H3. The van der Waals surface area contributed by atoms with Gasteiger partial charge < -0.3 is 19.9 Å². The van der Waals surface area contributed by atoms with Gasteiger partial charge in [0.15, 0.2) is 0 Å². The van der Waals surface area contributed by atoms with E-state index in [1.807, 2.05) is 31.2 Å². The van der Waals surface area contributed by atoms with Crippen LogP contribution in [0.2, 0.25) is 0 Å². The van der Waals surface area contributed by atoms with Crippen molar-refractivity contribution in [3.05, 3.63) is 30.0 Å². The van der Waals surface area contributed by atoms with Gasteiger partial charge in [-0.1, -0.05) is 13.3 Å². The lowest BCUT2D eigenvalue weighted by molar-refractivity contribution is 0.0437. The van der Waals surface area contributed by atoms with E-state index in [0.717, 1.165) is 48.9 Å². The third-order valence-corrected chi connectivity index (χ3v) is 5.76. The first kappa shape index (κ1) is 21.7. The minimum atomic E-state index is 0.00397. The highest BCUT2D eigenvalue weighted by atomic mass is 16.5. The van der Waals surface area contributed by atoms with Crippen molar-refractivity contribution in [2.75, 3.05) is 13.2 Å². The zero-order valence-corrected chi connectivity index (χ0v) is 18.9. The first-order valence-electron chi connectivity index (χ1n) is 11.0. The fourth-order valence-corrected chi connectivity index (χ4v) is 4.90. The van der Waals surface area contributed by atoms with Gasteiger partial charge in [0.1, 0.15) is 11.4 Å². The highest BCUT2D eigenvalue weighted by molar-refractivity contribution is 5.98. The molecule has 0 atom stereocenters. The lowest BCUT2D eigenvalue weighted by Crippen LogP contribution is -2.62. The van der Waals surface area contributed by atoms with Crippen molar-refractivity contribution in [1.82, 2.24) is 15.2 Å². The fourth-order valence-electron chi connectivity index (χ4n) is 4.90. The van der Waals surface area contributed by atoms with Crippen molar-refractivity contribution in [3.63, 3.8) is 0 Å². The molecule has 5 heteroatoms. The summed E-state index contributed by atoms with van der Waals surface area (Å²) in [5.41, 5.74) is 1.62. The Morgan fingerprint density at radius 2 is 1.83 bits per heavy atom. The van der Waals surface area contributed by atoms with Gasteiger partial charge in [-0.15, -0.1) is 0 Å². The van der Waals surface area contributed by atoms with E-state index in [9.17, 15) is 4.79 Å². The third-order valence-electron chi connectivity index (χ3n) is 5.76. The average Bonchev–Trinajstić information content (AvgIpc) is 3.03. The fraction of sp³-hybridized carbons (Fsp3) is 0.625. The first-order valence-corrected chi connectivity index (χ1v) is 11.0.